The summed E-state index contributed by atoms with van der Waals surface area (Å²) in [5.41, 5.74) is 2.43. The van der Waals surface area contributed by atoms with E-state index in [1.165, 1.54) is 0 Å². The third-order valence-corrected chi connectivity index (χ3v) is 5.03. The second kappa shape index (κ2) is 6.56. The lowest BCUT2D eigenvalue weighted by molar-refractivity contribution is 0.600. The van der Waals surface area contributed by atoms with Gasteiger partial charge in [0.05, 0.1) is 16.5 Å². The number of thiazole rings is 1. The molecule has 1 N–H and O–H groups in total. The first-order valence-electron chi connectivity index (χ1n) is 6.09. The predicted octanol–water partition coefficient (Wildman–Crippen LogP) is 3.49. The van der Waals surface area contributed by atoms with Crippen LogP contribution < -0.4 is 4.72 Å². The van der Waals surface area contributed by atoms with E-state index in [2.05, 4.69) is 9.71 Å². The summed E-state index contributed by atoms with van der Waals surface area (Å²) in [7, 11) is -3.32. The summed E-state index contributed by atoms with van der Waals surface area (Å²) in [6.45, 7) is 1.95. The minimum atomic E-state index is -3.32. The molecular formula is C13H15ClN2O2S2. The van der Waals surface area contributed by atoms with E-state index >= 15 is 0 Å². The topological polar surface area (TPSA) is 59.1 Å². The van der Waals surface area contributed by atoms with Gasteiger partial charge in [0.15, 0.2) is 0 Å². The fourth-order valence-electron chi connectivity index (χ4n) is 1.68. The summed E-state index contributed by atoms with van der Waals surface area (Å²) in [4.78, 5) is 4.39. The van der Waals surface area contributed by atoms with E-state index in [0.29, 0.717) is 18.0 Å². The standard InChI is InChI=1S/C13H15ClN2O2S2/c1-10-15-13(9-19-10)11-3-5-12(6-4-11)16-20(17,18)8-2-7-14/h3-6,9,16H,2,7-8H2,1H3. The van der Waals surface area contributed by atoms with E-state index < -0.39 is 10.0 Å². The highest BCUT2D eigenvalue weighted by Crippen LogP contribution is 2.23. The van der Waals surface area contributed by atoms with Crippen molar-refractivity contribution in [1.29, 1.82) is 0 Å². The van der Waals surface area contributed by atoms with Crippen molar-refractivity contribution in [2.75, 3.05) is 16.4 Å². The van der Waals surface area contributed by atoms with Crippen molar-refractivity contribution in [3.63, 3.8) is 0 Å². The van der Waals surface area contributed by atoms with Crippen LogP contribution in [0.1, 0.15) is 11.4 Å². The van der Waals surface area contributed by atoms with Crippen molar-refractivity contribution >= 4 is 38.6 Å². The van der Waals surface area contributed by atoms with Crippen molar-refractivity contribution in [2.45, 2.75) is 13.3 Å². The van der Waals surface area contributed by atoms with Crippen LogP contribution in [0.25, 0.3) is 11.3 Å². The Balaban J connectivity index is 2.09. The summed E-state index contributed by atoms with van der Waals surface area (Å²) in [5, 5.41) is 2.99. The van der Waals surface area contributed by atoms with Gasteiger partial charge in [-0.05, 0) is 25.5 Å². The molecule has 0 unspecified atom stereocenters. The number of benzene rings is 1. The second-order valence-electron chi connectivity index (χ2n) is 4.29. The summed E-state index contributed by atoms with van der Waals surface area (Å²) in [6, 6.07) is 7.19. The van der Waals surface area contributed by atoms with Gasteiger partial charge in [-0.2, -0.15) is 0 Å². The van der Waals surface area contributed by atoms with Gasteiger partial charge in [-0.1, -0.05) is 12.1 Å². The number of aryl methyl sites for hydroxylation is 1. The van der Waals surface area contributed by atoms with Crippen molar-refractivity contribution < 1.29 is 8.42 Å². The quantitative estimate of drug-likeness (QED) is 0.825. The van der Waals surface area contributed by atoms with E-state index in [4.69, 9.17) is 11.6 Å². The number of anilines is 1. The predicted molar refractivity (Wildman–Crippen MR) is 85.0 cm³/mol. The normalized spacial score (nSPS) is 11.5. The van der Waals surface area contributed by atoms with Crippen molar-refractivity contribution in [3.05, 3.63) is 34.7 Å². The summed E-state index contributed by atoms with van der Waals surface area (Å²) >= 11 is 7.09. The molecule has 0 radical (unpaired) electrons. The zero-order chi connectivity index (χ0) is 14.6. The Labute approximate surface area is 127 Å². The van der Waals surface area contributed by atoms with Gasteiger partial charge in [-0.15, -0.1) is 22.9 Å². The smallest absolute Gasteiger partial charge is 0.232 e. The third kappa shape index (κ3) is 4.19. The van der Waals surface area contributed by atoms with E-state index in [0.717, 1.165) is 16.3 Å². The Morgan fingerprint density at radius 2 is 2.00 bits per heavy atom. The number of alkyl halides is 1. The van der Waals surface area contributed by atoms with Crippen molar-refractivity contribution in [2.24, 2.45) is 0 Å². The monoisotopic (exact) mass is 330 g/mol. The molecule has 0 amide bonds. The number of hydrogen-bond donors (Lipinski definition) is 1. The minimum Gasteiger partial charge on any atom is -0.284 e. The van der Waals surface area contributed by atoms with Crippen LogP contribution in [0.3, 0.4) is 0 Å². The molecular weight excluding hydrogens is 316 g/mol. The van der Waals surface area contributed by atoms with Gasteiger partial charge in [0.25, 0.3) is 0 Å². The first-order chi connectivity index (χ1) is 9.50. The van der Waals surface area contributed by atoms with E-state index in [1.54, 1.807) is 23.5 Å². The number of hydrogen-bond acceptors (Lipinski definition) is 4. The molecule has 1 aromatic heterocycles. The molecule has 4 nitrogen and oxygen atoms in total. The second-order valence-corrected chi connectivity index (χ2v) is 7.57. The highest BCUT2D eigenvalue weighted by molar-refractivity contribution is 7.92. The molecule has 0 aliphatic rings. The van der Waals surface area contributed by atoms with Gasteiger partial charge in [0.1, 0.15) is 0 Å². The Morgan fingerprint density at radius 3 is 2.55 bits per heavy atom. The molecule has 0 spiro atoms. The summed E-state index contributed by atoms with van der Waals surface area (Å²) in [6.07, 6.45) is 0.438. The Bertz CT molecular complexity index is 666. The number of sulfonamides is 1. The number of nitrogens with zero attached hydrogens (tertiary/aromatic N) is 1. The zero-order valence-electron chi connectivity index (χ0n) is 11.0. The van der Waals surface area contributed by atoms with Gasteiger partial charge in [-0.3, -0.25) is 4.72 Å². The minimum absolute atomic E-state index is 0.0313. The average molecular weight is 331 g/mol. The number of nitrogens with one attached hydrogen (secondary N) is 1. The molecule has 0 aliphatic carbocycles. The highest BCUT2D eigenvalue weighted by atomic mass is 35.5. The molecule has 0 aliphatic heterocycles. The zero-order valence-corrected chi connectivity index (χ0v) is 13.4. The molecule has 0 atom stereocenters. The van der Waals surface area contributed by atoms with Gasteiger partial charge in [0.2, 0.25) is 10.0 Å². The maximum Gasteiger partial charge on any atom is 0.232 e. The molecule has 1 heterocycles. The molecule has 20 heavy (non-hydrogen) atoms. The van der Waals surface area contributed by atoms with Crippen LogP contribution in [0.4, 0.5) is 5.69 Å². The number of rotatable bonds is 6. The molecule has 0 fully saturated rings. The largest absolute Gasteiger partial charge is 0.284 e. The molecule has 108 valence electrons. The maximum absolute atomic E-state index is 11.7. The van der Waals surface area contributed by atoms with Crippen LogP contribution in [-0.4, -0.2) is 25.0 Å². The first kappa shape index (κ1) is 15.3. The van der Waals surface area contributed by atoms with Crippen molar-refractivity contribution in [3.8, 4) is 11.3 Å². The molecule has 2 aromatic rings. The van der Waals surface area contributed by atoms with Crippen LogP contribution in [0, 0.1) is 6.92 Å². The van der Waals surface area contributed by atoms with Crippen LogP contribution >= 0.6 is 22.9 Å². The molecule has 0 saturated heterocycles. The summed E-state index contributed by atoms with van der Waals surface area (Å²) in [5.74, 6) is 0.368. The fourth-order valence-corrected chi connectivity index (χ4v) is 3.72. The average Bonchev–Trinajstić information content (AvgIpc) is 2.84. The lowest BCUT2D eigenvalue weighted by atomic mass is 10.1. The van der Waals surface area contributed by atoms with Gasteiger partial charge in [-0.25, -0.2) is 13.4 Å². The third-order valence-electron chi connectivity index (χ3n) is 2.62. The van der Waals surface area contributed by atoms with Crippen LogP contribution in [0.5, 0.6) is 0 Å². The first-order valence-corrected chi connectivity index (χ1v) is 9.16. The van der Waals surface area contributed by atoms with E-state index in [1.807, 2.05) is 24.4 Å². The highest BCUT2D eigenvalue weighted by Gasteiger charge is 2.10. The molecule has 7 heteroatoms. The van der Waals surface area contributed by atoms with E-state index in [9.17, 15) is 8.42 Å². The van der Waals surface area contributed by atoms with Crippen LogP contribution in [0.2, 0.25) is 0 Å². The lowest BCUT2D eigenvalue weighted by Crippen LogP contribution is -2.16. The van der Waals surface area contributed by atoms with Gasteiger partial charge < -0.3 is 0 Å². The number of aromatic nitrogens is 1. The van der Waals surface area contributed by atoms with Crippen LogP contribution in [0.15, 0.2) is 29.6 Å². The molecule has 0 saturated carbocycles. The van der Waals surface area contributed by atoms with Crippen molar-refractivity contribution in [1.82, 2.24) is 4.98 Å². The lowest BCUT2D eigenvalue weighted by Gasteiger charge is -2.07. The Hall–Kier alpha value is -1.11. The fraction of sp³-hybridized carbons (Fsp3) is 0.308. The molecule has 1 aromatic carbocycles. The van der Waals surface area contributed by atoms with Crippen LogP contribution in [-0.2, 0) is 10.0 Å². The van der Waals surface area contributed by atoms with Gasteiger partial charge >= 0.3 is 0 Å². The van der Waals surface area contributed by atoms with Gasteiger partial charge in [0, 0.05) is 22.5 Å². The number of halogens is 1. The summed E-state index contributed by atoms with van der Waals surface area (Å²) < 4.78 is 26.0. The molecule has 2 rings (SSSR count). The van der Waals surface area contributed by atoms with E-state index in [-0.39, 0.29) is 5.75 Å². The Morgan fingerprint density at radius 1 is 1.30 bits per heavy atom. The molecule has 0 bridgehead atoms. The maximum atomic E-state index is 11.7. The SMILES string of the molecule is Cc1nc(-c2ccc(NS(=O)(=O)CCCCl)cc2)cs1. The Kier molecular flexibility index (Phi) is 5.01.